The lowest BCUT2D eigenvalue weighted by Crippen LogP contribution is -2.32. The first-order valence-corrected chi connectivity index (χ1v) is 6.21. The molecular formula is C13H22FN3. The van der Waals surface area contributed by atoms with Crippen molar-refractivity contribution in [2.24, 2.45) is 0 Å². The highest BCUT2D eigenvalue weighted by molar-refractivity contribution is 5.47. The molecule has 1 N–H and O–H groups in total. The minimum atomic E-state index is -0.276. The number of rotatable bonds is 6. The van der Waals surface area contributed by atoms with Crippen molar-refractivity contribution in [1.82, 2.24) is 10.3 Å². The number of pyridine rings is 1. The summed E-state index contributed by atoms with van der Waals surface area (Å²) < 4.78 is 13.2. The average molecular weight is 239 g/mol. The van der Waals surface area contributed by atoms with Crippen molar-refractivity contribution in [3.63, 3.8) is 0 Å². The number of nitrogens with zero attached hydrogens (tertiary/aromatic N) is 2. The number of hydrogen-bond acceptors (Lipinski definition) is 3. The second-order valence-corrected chi connectivity index (χ2v) is 4.30. The lowest BCUT2D eigenvalue weighted by atomic mass is 10.2. The third-order valence-electron chi connectivity index (χ3n) is 2.71. The van der Waals surface area contributed by atoms with E-state index >= 15 is 0 Å². The van der Waals surface area contributed by atoms with E-state index in [9.17, 15) is 4.39 Å². The van der Waals surface area contributed by atoms with Crippen LogP contribution in [0.5, 0.6) is 0 Å². The van der Waals surface area contributed by atoms with E-state index in [0.717, 1.165) is 24.5 Å². The van der Waals surface area contributed by atoms with Crippen molar-refractivity contribution in [2.45, 2.75) is 40.3 Å². The normalized spacial score (nSPS) is 10.9. The maximum Gasteiger partial charge on any atom is 0.141 e. The van der Waals surface area contributed by atoms with Crippen molar-refractivity contribution >= 4 is 5.82 Å². The molecule has 0 atom stereocenters. The van der Waals surface area contributed by atoms with Crippen molar-refractivity contribution in [3.05, 3.63) is 23.6 Å². The first-order valence-electron chi connectivity index (χ1n) is 6.21. The molecule has 1 heterocycles. The van der Waals surface area contributed by atoms with Gasteiger partial charge < -0.3 is 10.2 Å². The zero-order valence-electron chi connectivity index (χ0n) is 11.1. The van der Waals surface area contributed by atoms with Gasteiger partial charge >= 0.3 is 0 Å². The summed E-state index contributed by atoms with van der Waals surface area (Å²) in [6, 6.07) is 1.93. The molecule has 96 valence electrons. The molecule has 0 amide bonds. The van der Waals surface area contributed by atoms with Crippen LogP contribution in [0.3, 0.4) is 0 Å². The number of anilines is 1. The van der Waals surface area contributed by atoms with E-state index in [1.165, 1.54) is 6.20 Å². The fraction of sp³-hybridized carbons (Fsp3) is 0.615. The Morgan fingerprint density at radius 2 is 2.12 bits per heavy atom. The fourth-order valence-electron chi connectivity index (χ4n) is 1.88. The molecule has 0 saturated carbocycles. The molecular weight excluding hydrogens is 217 g/mol. The molecule has 0 fully saturated rings. The maximum atomic E-state index is 13.2. The number of hydrogen-bond donors (Lipinski definition) is 1. The Hall–Kier alpha value is -1.16. The van der Waals surface area contributed by atoms with E-state index in [1.54, 1.807) is 6.07 Å². The molecule has 0 unspecified atom stereocenters. The average Bonchev–Trinajstić information content (AvgIpc) is 2.29. The van der Waals surface area contributed by atoms with E-state index in [-0.39, 0.29) is 5.82 Å². The van der Waals surface area contributed by atoms with E-state index in [0.29, 0.717) is 12.6 Å². The molecule has 0 aliphatic rings. The second kappa shape index (κ2) is 6.55. The van der Waals surface area contributed by atoms with Crippen LogP contribution >= 0.6 is 0 Å². The Kier molecular flexibility index (Phi) is 5.35. The highest BCUT2D eigenvalue weighted by Crippen LogP contribution is 2.20. The number of aromatic nitrogens is 1. The topological polar surface area (TPSA) is 28.2 Å². The first-order chi connectivity index (χ1) is 8.10. The molecule has 0 bridgehead atoms. The summed E-state index contributed by atoms with van der Waals surface area (Å²) in [5.74, 6) is 0.603. The van der Waals surface area contributed by atoms with Gasteiger partial charge in [-0.15, -0.1) is 0 Å². The van der Waals surface area contributed by atoms with Crippen LogP contribution in [-0.2, 0) is 6.54 Å². The molecule has 1 aromatic heterocycles. The number of halogens is 1. The summed E-state index contributed by atoms with van der Waals surface area (Å²) in [6.07, 6.45) is 1.29. The summed E-state index contributed by atoms with van der Waals surface area (Å²) >= 11 is 0. The lowest BCUT2D eigenvalue weighted by Gasteiger charge is -2.28. The second-order valence-electron chi connectivity index (χ2n) is 4.30. The van der Waals surface area contributed by atoms with Crippen molar-refractivity contribution < 1.29 is 4.39 Å². The van der Waals surface area contributed by atoms with Gasteiger partial charge in [0.1, 0.15) is 11.6 Å². The van der Waals surface area contributed by atoms with E-state index < -0.39 is 0 Å². The fourth-order valence-corrected chi connectivity index (χ4v) is 1.88. The zero-order chi connectivity index (χ0) is 12.8. The standard InChI is InChI=1S/C13H22FN3/c1-5-15-8-11-7-12(14)9-16-13(11)17(6-2)10(3)4/h7,9-10,15H,5-6,8H2,1-4H3. The summed E-state index contributed by atoms with van der Waals surface area (Å²) in [5.41, 5.74) is 0.919. The smallest absolute Gasteiger partial charge is 0.141 e. The summed E-state index contributed by atoms with van der Waals surface area (Å²) in [5, 5.41) is 3.22. The Bertz CT molecular complexity index is 353. The van der Waals surface area contributed by atoms with Gasteiger partial charge in [0.05, 0.1) is 6.20 Å². The van der Waals surface area contributed by atoms with Crippen molar-refractivity contribution in [2.75, 3.05) is 18.0 Å². The van der Waals surface area contributed by atoms with Gasteiger partial charge in [0, 0.05) is 24.7 Å². The van der Waals surface area contributed by atoms with Gasteiger partial charge in [0.15, 0.2) is 0 Å². The summed E-state index contributed by atoms with van der Waals surface area (Å²) in [6.45, 7) is 10.7. The molecule has 0 aromatic carbocycles. The minimum Gasteiger partial charge on any atom is -0.354 e. The third kappa shape index (κ3) is 3.66. The molecule has 0 radical (unpaired) electrons. The molecule has 1 rings (SSSR count). The van der Waals surface area contributed by atoms with Gasteiger partial charge in [-0.25, -0.2) is 9.37 Å². The van der Waals surface area contributed by atoms with Crippen LogP contribution in [0.4, 0.5) is 10.2 Å². The minimum absolute atomic E-state index is 0.276. The van der Waals surface area contributed by atoms with Crippen LogP contribution in [0.1, 0.15) is 33.3 Å². The molecule has 17 heavy (non-hydrogen) atoms. The van der Waals surface area contributed by atoms with Gasteiger partial charge in [0.25, 0.3) is 0 Å². The molecule has 4 heteroatoms. The molecule has 0 aliphatic heterocycles. The molecule has 3 nitrogen and oxygen atoms in total. The maximum absolute atomic E-state index is 13.2. The van der Waals surface area contributed by atoms with Gasteiger partial charge in [0.2, 0.25) is 0 Å². The van der Waals surface area contributed by atoms with Gasteiger partial charge in [-0.1, -0.05) is 6.92 Å². The highest BCUT2D eigenvalue weighted by Gasteiger charge is 2.14. The predicted octanol–water partition coefficient (Wildman–Crippen LogP) is 2.56. The van der Waals surface area contributed by atoms with Crippen LogP contribution in [-0.4, -0.2) is 24.1 Å². The monoisotopic (exact) mass is 239 g/mol. The van der Waals surface area contributed by atoms with Crippen LogP contribution < -0.4 is 10.2 Å². The van der Waals surface area contributed by atoms with Gasteiger partial charge in [-0.2, -0.15) is 0 Å². The largest absolute Gasteiger partial charge is 0.354 e. The van der Waals surface area contributed by atoms with Crippen molar-refractivity contribution in [3.8, 4) is 0 Å². The van der Waals surface area contributed by atoms with Gasteiger partial charge in [-0.05, 0) is 33.4 Å². The van der Waals surface area contributed by atoms with Crippen LogP contribution in [0.2, 0.25) is 0 Å². The van der Waals surface area contributed by atoms with Gasteiger partial charge in [-0.3, -0.25) is 0 Å². The zero-order valence-corrected chi connectivity index (χ0v) is 11.1. The third-order valence-corrected chi connectivity index (χ3v) is 2.71. The summed E-state index contributed by atoms with van der Waals surface area (Å²) in [4.78, 5) is 6.41. The number of nitrogens with one attached hydrogen (secondary N) is 1. The van der Waals surface area contributed by atoms with E-state index in [1.807, 2.05) is 6.92 Å². The van der Waals surface area contributed by atoms with E-state index in [4.69, 9.17) is 0 Å². The first kappa shape index (κ1) is 13.9. The predicted molar refractivity (Wildman–Crippen MR) is 69.7 cm³/mol. The van der Waals surface area contributed by atoms with Crippen molar-refractivity contribution in [1.29, 1.82) is 0 Å². The van der Waals surface area contributed by atoms with Crippen LogP contribution in [0, 0.1) is 5.82 Å². The quantitative estimate of drug-likeness (QED) is 0.827. The summed E-state index contributed by atoms with van der Waals surface area (Å²) in [7, 11) is 0. The Labute approximate surface area is 103 Å². The molecule has 0 saturated heterocycles. The Morgan fingerprint density at radius 3 is 2.65 bits per heavy atom. The van der Waals surface area contributed by atoms with Crippen LogP contribution in [0.15, 0.2) is 12.3 Å². The molecule has 1 aromatic rings. The SMILES string of the molecule is CCNCc1cc(F)cnc1N(CC)C(C)C. The Balaban J connectivity index is 3.03. The highest BCUT2D eigenvalue weighted by atomic mass is 19.1. The van der Waals surface area contributed by atoms with Crippen LogP contribution in [0.25, 0.3) is 0 Å². The lowest BCUT2D eigenvalue weighted by molar-refractivity contribution is 0.608. The Morgan fingerprint density at radius 1 is 1.41 bits per heavy atom. The molecule has 0 spiro atoms. The molecule has 0 aliphatic carbocycles. The van der Waals surface area contributed by atoms with E-state index in [2.05, 4.69) is 36.0 Å².